The number of rotatable bonds is 5. The number of carbonyl (C=O) groups excluding carboxylic acids is 1. The van der Waals surface area contributed by atoms with Crippen LogP contribution in [0.1, 0.15) is 15.9 Å². The zero-order valence-corrected chi connectivity index (χ0v) is 13.2. The van der Waals surface area contributed by atoms with Gasteiger partial charge in [0.05, 0.1) is 24.6 Å². The molecule has 0 aliphatic rings. The van der Waals surface area contributed by atoms with Gasteiger partial charge in [-0.25, -0.2) is 5.43 Å². The Morgan fingerprint density at radius 3 is 2.54 bits per heavy atom. The minimum atomic E-state index is -0.273. The first kappa shape index (κ1) is 15.6. The van der Waals surface area contributed by atoms with Crippen molar-refractivity contribution in [3.05, 3.63) is 84.2 Å². The molecule has 0 unspecified atom stereocenters. The lowest BCUT2D eigenvalue weighted by Gasteiger charge is -2.09. The molecule has 2 aromatic carbocycles. The third-order valence-corrected chi connectivity index (χ3v) is 3.54. The molecule has 0 fully saturated rings. The van der Waals surface area contributed by atoms with Gasteiger partial charge in [0.1, 0.15) is 5.75 Å². The molecule has 5 heteroatoms. The van der Waals surface area contributed by atoms with Crippen LogP contribution in [-0.4, -0.2) is 23.8 Å². The Hall–Kier alpha value is -3.34. The summed E-state index contributed by atoms with van der Waals surface area (Å²) in [5.74, 6) is 0.425. The highest BCUT2D eigenvalue weighted by atomic mass is 16.5. The molecule has 5 nitrogen and oxygen atoms in total. The maximum atomic E-state index is 12.4. The summed E-state index contributed by atoms with van der Waals surface area (Å²) in [4.78, 5) is 12.4. The maximum absolute atomic E-state index is 12.4. The van der Waals surface area contributed by atoms with E-state index in [1.165, 1.54) is 0 Å². The molecule has 0 aliphatic heterocycles. The van der Waals surface area contributed by atoms with Crippen LogP contribution in [0.4, 0.5) is 0 Å². The monoisotopic (exact) mass is 319 g/mol. The number of hydrazone groups is 1. The molecule has 0 saturated heterocycles. The zero-order chi connectivity index (χ0) is 16.8. The minimum absolute atomic E-state index is 0.273. The molecule has 0 radical (unpaired) electrons. The highest BCUT2D eigenvalue weighted by molar-refractivity contribution is 5.98. The van der Waals surface area contributed by atoms with E-state index in [4.69, 9.17) is 4.74 Å². The number of hydrogen-bond acceptors (Lipinski definition) is 3. The number of para-hydroxylation sites is 2. The van der Waals surface area contributed by atoms with Gasteiger partial charge in [0.15, 0.2) is 0 Å². The number of nitrogens with one attached hydrogen (secondary N) is 1. The van der Waals surface area contributed by atoms with Crippen LogP contribution in [0.3, 0.4) is 0 Å². The van der Waals surface area contributed by atoms with Crippen molar-refractivity contribution in [3.63, 3.8) is 0 Å². The molecule has 1 N–H and O–H groups in total. The molecule has 3 rings (SSSR count). The molecule has 1 amide bonds. The van der Waals surface area contributed by atoms with Crippen LogP contribution in [0.2, 0.25) is 0 Å². The number of hydrogen-bond donors (Lipinski definition) is 1. The largest absolute Gasteiger partial charge is 0.496 e. The number of carbonyl (C=O) groups is 1. The Morgan fingerprint density at radius 1 is 1.04 bits per heavy atom. The highest BCUT2D eigenvalue weighted by Crippen LogP contribution is 2.16. The summed E-state index contributed by atoms with van der Waals surface area (Å²) in [7, 11) is 1.60. The van der Waals surface area contributed by atoms with Crippen LogP contribution >= 0.6 is 0 Å². The van der Waals surface area contributed by atoms with Gasteiger partial charge in [-0.05, 0) is 36.4 Å². The maximum Gasteiger partial charge on any atom is 0.273 e. The number of aromatic nitrogens is 1. The lowest BCUT2D eigenvalue weighted by molar-refractivity contribution is 0.0955. The summed E-state index contributed by atoms with van der Waals surface area (Å²) in [5.41, 5.74) is 4.70. The highest BCUT2D eigenvalue weighted by Gasteiger charge is 2.11. The quantitative estimate of drug-likeness (QED) is 0.580. The van der Waals surface area contributed by atoms with Crippen LogP contribution in [0.5, 0.6) is 5.75 Å². The summed E-state index contributed by atoms with van der Waals surface area (Å²) < 4.78 is 7.14. The molecule has 0 bridgehead atoms. The van der Waals surface area contributed by atoms with E-state index in [1.54, 1.807) is 19.4 Å². The predicted octanol–water partition coefficient (Wildman–Crippen LogP) is 3.25. The fourth-order valence-corrected chi connectivity index (χ4v) is 2.38. The second-order valence-corrected chi connectivity index (χ2v) is 5.05. The standard InChI is InChI=1S/C19H17N3O2/c1-24-18-11-5-2-8-15(18)14-20-21-19(23)16-9-3-4-10-17(16)22-12-6-7-13-22/h2-14H,1H3,(H,21,23)/b20-14+. The first-order valence-corrected chi connectivity index (χ1v) is 7.48. The fourth-order valence-electron chi connectivity index (χ4n) is 2.38. The summed E-state index contributed by atoms with van der Waals surface area (Å²) in [6, 6.07) is 18.7. The van der Waals surface area contributed by atoms with Gasteiger partial charge in [-0.1, -0.05) is 24.3 Å². The van der Waals surface area contributed by atoms with Crippen molar-refractivity contribution < 1.29 is 9.53 Å². The molecular weight excluding hydrogens is 302 g/mol. The lowest BCUT2D eigenvalue weighted by Crippen LogP contribution is -2.19. The second kappa shape index (κ2) is 7.28. The van der Waals surface area contributed by atoms with E-state index >= 15 is 0 Å². The van der Waals surface area contributed by atoms with Gasteiger partial charge in [-0.2, -0.15) is 5.10 Å². The second-order valence-electron chi connectivity index (χ2n) is 5.05. The summed E-state index contributed by atoms with van der Waals surface area (Å²) in [5, 5.41) is 4.04. The van der Waals surface area contributed by atoms with Gasteiger partial charge in [0, 0.05) is 18.0 Å². The number of ether oxygens (including phenoxy) is 1. The normalized spacial score (nSPS) is 10.7. The molecule has 0 atom stereocenters. The van der Waals surface area contributed by atoms with E-state index in [-0.39, 0.29) is 5.91 Å². The van der Waals surface area contributed by atoms with Gasteiger partial charge in [-0.15, -0.1) is 0 Å². The Labute approximate surface area is 140 Å². The van der Waals surface area contributed by atoms with Gasteiger partial charge < -0.3 is 9.30 Å². The molecule has 1 heterocycles. The molecule has 1 aromatic heterocycles. The van der Waals surface area contributed by atoms with E-state index in [1.807, 2.05) is 71.6 Å². The van der Waals surface area contributed by atoms with E-state index in [9.17, 15) is 4.79 Å². The Morgan fingerprint density at radius 2 is 1.75 bits per heavy atom. The van der Waals surface area contributed by atoms with Crippen LogP contribution in [0.25, 0.3) is 5.69 Å². The molecule has 0 aliphatic carbocycles. The van der Waals surface area contributed by atoms with Crippen LogP contribution in [-0.2, 0) is 0 Å². The average Bonchev–Trinajstić information content (AvgIpc) is 3.16. The van der Waals surface area contributed by atoms with E-state index in [0.717, 1.165) is 11.3 Å². The molecule has 0 saturated carbocycles. The van der Waals surface area contributed by atoms with E-state index in [0.29, 0.717) is 11.3 Å². The molecule has 3 aromatic rings. The first-order valence-electron chi connectivity index (χ1n) is 7.48. The van der Waals surface area contributed by atoms with Gasteiger partial charge in [0.25, 0.3) is 5.91 Å². The Kier molecular flexibility index (Phi) is 4.72. The van der Waals surface area contributed by atoms with Crippen molar-refractivity contribution >= 4 is 12.1 Å². The van der Waals surface area contributed by atoms with Gasteiger partial charge >= 0.3 is 0 Å². The smallest absolute Gasteiger partial charge is 0.273 e. The van der Waals surface area contributed by atoms with Crippen molar-refractivity contribution in [2.45, 2.75) is 0 Å². The van der Waals surface area contributed by atoms with Crippen LogP contribution < -0.4 is 10.2 Å². The fraction of sp³-hybridized carbons (Fsp3) is 0.0526. The van der Waals surface area contributed by atoms with Crippen molar-refractivity contribution in [2.75, 3.05) is 7.11 Å². The summed E-state index contributed by atoms with van der Waals surface area (Å²) in [6.07, 6.45) is 5.35. The topological polar surface area (TPSA) is 55.6 Å². The van der Waals surface area contributed by atoms with Crippen molar-refractivity contribution in [3.8, 4) is 11.4 Å². The third-order valence-electron chi connectivity index (χ3n) is 3.54. The van der Waals surface area contributed by atoms with Crippen LogP contribution in [0, 0.1) is 0 Å². The SMILES string of the molecule is COc1ccccc1/C=N/NC(=O)c1ccccc1-n1cccc1. The van der Waals surface area contributed by atoms with E-state index < -0.39 is 0 Å². The van der Waals surface area contributed by atoms with Crippen LogP contribution in [0.15, 0.2) is 78.2 Å². The summed E-state index contributed by atoms with van der Waals surface area (Å²) >= 11 is 0. The predicted molar refractivity (Wildman–Crippen MR) is 93.8 cm³/mol. The summed E-state index contributed by atoms with van der Waals surface area (Å²) in [6.45, 7) is 0. The molecule has 0 spiro atoms. The average molecular weight is 319 g/mol. The van der Waals surface area contributed by atoms with E-state index in [2.05, 4.69) is 10.5 Å². The lowest BCUT2D eigenvalue weighted by atomic mass is 10.1. The molecule has 120 valence electrons. The van der Waals surface area contributed by atoms with Crippen molar-refractivity contribution in [1.29, 1.82) is 0 Å². The van der Waals surface area contributed by atoms with Crippen molar-refractivity contribution in [2.24, 2.45) is 5.10 Å². The number of amides is 1. The molecular formula is C19H17N3O2. The minimum Gasteiger partial charge on any atom is -0.496 e. The number of benzene rings is 2. The van der Waals surface area contributed by atoms with Gasteiger partial charge in [0.2, 0.25) is 0 Å². The Bertz CT molecular complexity index is 855. The van der Waals surface area contributed by atoms with Crippen molar-refractivity contribution in [1.82, 2.24) is 9.99 Å². The third kappa shape index (κ3) is 3.35. The molecule has 24 heavy (non-hydrogen) atoms. The first-order chi connectivity index (χ1) is 11.8. The number of nitrogens with zero attached hydrogens (tertiary/aromatic N) is 2. The zero-order valence-electron chi connectivity index (χ0n) is 13.2. The number of methoxy groups -OCH3 is 1. The van der Waals surface area contributed by atoms with Gasteiger partial charge in [-0.3, -0.25) is 4.79 Å². The Balaban J connectivity index is 1.78.